The molecule has 0 radical (unpaired) electrons. The number of fused-ring (bicyclic) bond motifs is 10. The van der Waals surface area contributed by atoms with Crippen molar-refractivity contribution < 1.29 is 4.39 Å². The van der Waals surface area contributed by atoms with E-state index in [1.807, 2.05) is 0 Å². The highest BCUT2D eigenvalue weighted by molar-refractivity contribution is 9.10. The van der Waals surface area contributed by atoms with Crippen LogP contribution < -0.4 is 0 Å². The Morgan fingerprint density at radius 1 is 0.343 bits per heavy atom. The summed E-state index contributed by atoms with van der Waals surface area (Å²) in [6.45, 7) is 0. The number of hydrogen-bond acceptors (Lipinski definition) is 0. The monoisotopic (exact) mass is 987 g/mol. The summed E-state index contributed by atoms with van der Waals surface area (Å²) in [6.07, 6.45) is 1.04. The summed E-state index contributed by atoms with van der Waals surface area (Å²) in [5.74, 6) is -0.215. The van der Waals surface area contributed by atoms with E-state index in [0.717, 1.165) is 16.6 Å². The first-order valence-corrected chi connectivity index (χ1v) is 24.1. The Bertz CT molecular complexity index is 4340. The molecule has 0 fully saturated rings. The van der Waals surface area contributed by atoms with E-state index < -0.39 is 0 Å². The van der Waals surface area contributed by atoms with Gasteiger partial charge in [0.2, 0.25) is 0 Å². The van der Waals surface area contributed by atoms with Crippen molar-refractivity contribution in [2.24, 2.45) is 0 Å². The largest absolute Gasteiger partial charge is 0.308 e. The lowest BCUT2D eigenvalue weighted by Crippen LogP contribution is -1.96. The molecular weight excluding hydrogens is 953 g/mol. The van der Waals surface area contributed by atoms with Crippen molar-refractivity contribution in [3.63, 3.8) is 0 Å². The van der Waals surface area contributed by atoms with Crippen molar-refractivity contribution in [3.8, 4) is 33.6 Å². The van der Waals surface area contributed by atoms with Crippen molar-refractivity contribution in [3.05, 3.63) is 232 Å². The zero-order chi connectivity index (χ0) is 44.5. The van der Waals surface area contributed by atoms with Gasteiger partial charge in [-0.3, -0.25) is 0 Å². The number of para-hydroxylation sites is 5. The Labute approximate surface area is 401 Å². The first-order valence-electron chi connectivity index (χ1n) is 22.6. The first kappa shape index (κ1) is 38.7. The lowest BCUT2D eigenvalue weighted by atomic mass is 9.93. The number of hydrogen-bond donors (Lipinski definition) is 0. The third-order valence-corrected chi connectivity index (χ3v) is 15.4. The van der Waals surface area contributed by atoms with Gasteiger partial charge in [0.15, 0.2) is 0 Å². The molecule has 0 amide bonds. The van der Waals surface area contributed by atoms with Crippen LogP contribution in [0.15, 0.2) is 215 Å². The van der Waals surface area contributed by atoms with Crippen LogP contribution in [0.3, 0.4) is 0 Å². The minimum atomic E-state index is -0.215. The molecule has 0 saturated carbocycles. The Morgan fingerprint density at radius 2 is 0.851 bits per heavy atom. The average molecular weight is 990 g/mol. The van der Waals surface area contributed by atoms with Gasteiger partial charge in [-0.1, -0.05) is 146 Å². The van der Waals surface area contributed by atoms with Crippen LogP contribution in [0.5, 0.6) is 0 Å². The maximum absolute atomic E-state index is 12.3. The Balaban J connectivity index is 0.000000112. The predicted octanol–water partition coefficient (Wildman–Crippen LogP) is 17.6. The fourth-order valence-corrected chi connectivity index (χ4v) is 12.2. The normalized spacial score (nSPS) is 12.3. The topological polar surface area (TPSA) is 14.3 Å². The SMILES string of the molecule is Brc1ccccc1-n1c2cccc3c4cccc5c6ccccc6n(c6cccc1c6c32)c45.Fc1ccccc1Br.c1cc2c3c(c1)-c1cccc4c5ccccc5n(c14)-c1cccc(c1-3)C2. The van der Waals surface area contributed by atoms with Crippen molar-refractivity contribution in [1.29, 1.82) is 0 Å². The van der Waals surface area contributed by atoms with Crippen LogP contribution in [0, 0.1) is 5.82 Å². The lowest BCUT2D eigenvalue weighted by Gasteiger charge is -2.12. The molecule has 1 aliphatic carbocycles. The number of rotatable bonds is 1. The van der Waals surface area contributed by atoms with Crippen LogP contribution in [0.1, 0.15) is 11.1 Å². The molecule has 0 bridgehead atoms. The maximum Gasteiger partial charge on any atom is 0.137 e. The highest BCUT2D eigenvalue weighted by atomic mass is 79.9. The summed E-state index contributed by atoms with van der Waals surface area (Å²) in [7, 11) is 0. The van der Waals surface area contributed by atoms with Crippen LogP contribution in [-0.2, 0) is 6.42 Å². The molecule has 2 aliphatic rings. The van der Waals surface area contributed by atoms with Gasteiger partial charge in [-0.2, -0.15) is 0 Å². The average Bonchev–Trinajstić information content (AvgIpc) is 4.08. The molecule has 0 N–H and O–H groups in total. The molecule has 14 aromatic rings. The molecule has 3 nitrogen and oxygen atoms in total. The van der Waals surface area contributed by atoms with Crippen molar-refractivity contribution in [2.75, 3.05) is 0 Å². The fourth-order valence-electron chi connectivity index (χ4n) is 11.5. The Morgan fingerprint density at radius 3 is 1.63 bits per heavy atom. The second kappa shape index (κ2) is 14.7. The summed E-state index contributed by atoms with van der Waals surface area (Å²) < 4.78 is 21.2. The van der Waals surface area contributed by atoms with Gasteiger partial charge in [-0.05, 0) is 127 Å². The fraction of sp³-hybridized carbons (Fsp3) is 0.0164. The van der Waals surface area contributed by atoms with Gasteiger partial charge in [0.05, 0.1) is 54.5 Å². The molecule has 0 spiro atoms. The van der Waals surface area contributed by atoms with E-state index in [0.29, 0.717) is 4.47 Å². The Hall–Kier alpha value is -7.51. The molecule has 67 heavy (non-hydrogen) atoms. The van der Waals surface area contributed by atoms with E-state index in [1.54, 1.807) is 18.2 Å². The third-order valence-electron chi connectivity index (χ3n) is 14.1. The number of benzene rings is 10. The minimum Gasteiger partial charge on any atom is -0.308 e. The number of aromatic nitrogens is 3. The van der Waals surface area contributed by atoms with E-state index in [9.17, 15) is 4.39 Å². The molecule has 0 unspecified atom stereocenters. The van der Waals surface area contributed by atoms with Crippen LogP contribution in [0.2, 0.25) is 0 Å². The molecule has 1 aliphatic heterocycles. The number of nitrogens with zero attached hydrogens (tertiary/aromatic N) is 3. The third kappa shape index (κ3) is 5.48. The minimum absolute atomic E-state index is 0.215. The van der Waals surface area contributed by atoms with Crippen LogP contribution in [0.25, 0.3) is 115 Å². The summed E-state index contributed by atoms with van der Waals surface area (Å²) in [6, 6.07) is 73.1. The predicted molar refractivity (Wildman–Crippen MR) is 285 cm³/mol. The van der Waals surface area contributed by atoms with Crippen molar-refractivity contribution in [2.45, 2.75) is 6.42 Å². The summed E-state index contributed by atoms with van der Waals surface area (Å²) in [4.78, 5) is 0. The summed E-state index contributed by atoms with van der Waals surface area (Å²) >= 11 is 6.83. The van der Waals surface area contributed by atoms with E-state index in [4.69, 9.17) is 0 Å². The van der Waals surface area contributed by atoms with Gasteiger partial charge in [0, 0.05) is 53.3 Å². The molecule has 0 saturated heterocycles. The summed E-state index contributed by atoms with van der Waals surface area (Å²) in [5, 5.41) is 10.5. The molecular formula is C61H36Br2FN3. The maximum atomic E-state index is 12.3. The van der Waals surface area contributed by atoms with Crippen LogP contribution >= 0.6 is 31.9 Å². The van der Waals surface area contributed by atoms with E-state index in [2.05, 4.69) is 227 Å². The lowest BCUT2D eigenvalue weighted by molar-refractivity contribution is 0.621. The van der Waals surface area contributed by atoms with Gasteiger partial charge in [-0.25, -0.2) is 4.39 Å². The van der Waals surface area contributed by atoms with Gasteiger partial charge in [0.25, 0.3) is 0 Å². The van der Waals surface area contributed by atoms with Gasteiger partial charge in [-0.15, -0.1) is 0 Å². The van der Waals surface area contributed by atoms with E-state index >= 15 is 0 Å². The quantitative estimate of drug-likeness (QED) is 0.156. The van der Waals surface area contributed by atoms with E-state index in [-0.39, 0.29) is 5.82 Å². The first-order chi connectivity index (χ1) is 33.0. The standard InChI is InChI=1S/C30H17BrN2.C25H15N.C6H4BrF/c31-22-12-2-4-14-24(22)32-25-15-6-9-19-21-11-5-10-20-18-8-1-3-13-23(18)33(30(20)21)27-17-7-16-26(32)29(27)28(19)25;1-2-12-21-17(8-1)19-10-5-11-20-18-9-3-6-15-14-16-7-4-13-22(24(16)23(15)18)26(21)25(19)20;7-5-3-1-2-4-6(5)8/h1-17H;1-13H,14H2;1-4H. The summed E-state index contributed by atoms with van der Waals surface area (Å²) in [5.41, 5.74) is 19.9. The van der Waals surface area contributed by atoms with Gasteiger partial charge in [0.1, 0.15) is 5.82 Å². The van der Waals surface area contributed by atoms with Crippen molar-refractivity contribution >= 4 is 114 Å². The Kier molecular flexibility index (Phi) is 8.53. The zero-order valence-electron chi connectivity index (χ0n) is 35.8. The molecule has 5 heterocycles. The van der Waals surface area contributed by atoms with E-state index in [1.165, 1.54) is 127 Å². The molecule has 4 aromatic heterocycles. The number of halogens is 3. The van der Waals surface area contributed by atoms with Crippen LogP contribution in [-0.4, -0.2) is 13.5 Å². The molecule has 316 valence electrons. The van der Waals surface area contributed by atoms with Gasteiger partial charge < -0.3 is 13.5 Å². The zero-order valence-corrected chi connectivity index (χ0v) is 39.0. The van der Waals surface area contributed by atoms with Gasteiger partial charge >= 0.3 is 0 Å². The highest BCUT2D eigenvalue weighted by Gasteiger charge is 2.31. The smallest absolute Gasteiger partial charge is 0.137 e. The van der Waals surface area contributed by atoms with Crippen LogP contribution in [0.4, 0.5) is 4.39 Å². The molecule has 0 atom stereocenters. The highest BCUT2D eigenvalue weighted by Crippen LogP contribution is 2.52. The molecule has 6 heteroatoms. The van der Waals surface area contributed by atoms with Crippen molar-refractivity contribution in [1.82, 2.24) is 13.5 Å². The second-order valence-electron chi connectivity index (χ2n) is 17.5. The molecule has 16 rings (SSSR count). The second-order valence-corrected chi connectivity index (χ2v) is 19.2. The molecule has 10 aromatic carbocycles.